The van der Waals surface area contributed by atoms with Crippen LogP contribution in [0, 0.1) is 5.92 Å². The van der Waals surface area contributed by atoms with Gasteiger partial charge in [-0.2, -0.15) is 0 Å². The fraction of sp³-hybridized carbons (Fsp3) is 0.846. The van der Waals surface area contributed by atoms with Crippen LogP contribution in [0.2, 0.25) is 0 Å². The molecule has 0 amide bonds. The van der Waals surface area contributed by atoms with Gasteiger partial charge >= 0.3 is 11.9 Å². The number of ether oxygens (including phenoxy) is 2. The zero-order valence-electron chi connectivity index (χ0n) is 11.6. The lowest BCUT2D eigenvalue weighted by Crippen LogP contribution is -2.36. The number of hydrogen-bond acceptors (Lipinski definition) is 5. The van der Waals surface area contributed by atoms with Crippen LogP contribution in [-0.2, 0) is 19.1 Å². The number of esters is 2. The predicted molar refractivity (Wildman–Crippen MR) is 67.0 cm³/mol. The Bertz CT molecular complexity index is 309. The first-order valence-electron chi connectivity index (χ1n) is 6.45. The SMILES string of the molecule is CCOC(=O)[C@@H]1CCN[C@@H]1CC(=O)OC(C)(C)C. The third kappa shape index (κ3) is 4.64. The van der Waals surface area contributed by atoms with Crippen molar-refractivity contribution in [1.29, 1.82) is 0 Å². The van der Waals surface area contributed by atoms with E-state index in [0.717, 1.165) is 6.54 Å². The summed E-state index contributed by atoms with van der Waals surface area (Å²) in [5.74, 6) is -0.746. The fourth-order valence-electron chi connectivity index (χ4n) is 2.08. The van der Waals surface area contributed by atoms with Gasteiger partial charge < -0.3 is 14.8 Å². The van der Waals surface area contributed by atoms with E-state index in [0.29, 0.717) is 13.0 Å². The topological polar surface area (TPSA) is 64.6 Å². The molecule has 0 saturated carbocycles. The van der Waals surface area contributed by atoms with Crippen molar-refractivity contribution in [2.24, 2.45) is 5.92 Å². The van der Waals surface area contributed by atoms with Gasteiger partial charge in [-0.05, 0) is 40.7 Å². The number of carbonyl (C=O) groups is 2. The molecule has 0 spiro atoms. The largest absolute Gasteiger partial charge is 0.466 e. The van der Waals surface area contributed by atoms with Gasteiger partial charge in [-0.15, -0.1) is 0 Å². The standard InChI is InChI=1S/C13H23NO4/c1-5-17-12(16)9-6-7-14-10(9)8-11(15)18-13(2,3)4/h9-10,14H,5-8H2,1-4H3/t9-,10-/m1/s1. The van der Waals surface area contributed by atoms with E-state index in [1.807, 2.05) is 20.8 Å². The molecule has 5 nitrogen and oxygen atoms in total. The van der Waals surface area contributed by atoms with Gasteiger partial charge in [0.2, 0.25) is 0 Å². The predicted octanol–water partition coefficient (Wildman–Crippen LogP) is 1.26. The number of nitrogens with one attached hydrogen (secondary N) is 1. The Labute approximate surface area is 108 Å². The van der Waals surface area contributed by atoms with Crippen molar-refractivity contribution in [3.63, 3.8) is 0 Å². The minimum Gasteiger partial charge on any atom is -0.466 e. The average molecular weight is 257 g/mol. The van der Waals surface area contributed by atoms with E-state index < -0.39 is 5.60 Å². The van der Waals surface area contributed by atoms with Crippen molar-refractivity contribution >= 4 is 11.9 Å². The maximum absolute atomic E-state index is 11.7. The molecule has 0 aromatic carbocycles. The summed E-state index contributed by atoms with van der Waals surface area (Å²) >= 11 is 0. The maximum Gasteiger partial charge on any atom is 0.310 e. The van der Waals surface area contributed by atoms with Gasteiger partial charge in [-0.25, -0.2) is 0 Å². The Morgan fingerprint density at radius 1 is 1.33 bits per heavy atom. The van der Waals surface area contributed by atoms with E-state index >= 15 is 0 Å². The number of carbonyl (C=O) groups excluding carboxylic acids is 2. The molecule has 1 rings (SSSR count). The number of rotatable bonds is 4. The lowest BCUT2D eigenvalue weighted by atomic mass is 9.98. The molecule has 1 heterocycles. The second-order valence-electron chi connectivity index (χ2n) is 5.50. The minimum absolute atomic E-state index is 0.168. The second kappa shape index (κ2) is 6.18. The molecule has 104 valence electrons. The Kier molecular flexibility index (Phi) is 5.14. The molecule has 0 radical (unpaired) electrons. The minimum atomic E-state index is -0.491. The third-order valence-electron chi connectivity index (χ3n) is 2.74. The summed E-state index contributed by atoms with van der Waals surface area (Å²) in [5, 5.41) is 3.16. The van der Waals surface area contributed by atoms with Crippen LogP contribution in [0.25, 0.3) is 0 Å². The summed E-state index contributed by atoms with van der Waals surface area (Å²) in [6.45, 7) is 8.37. The summed E-state index contributed by atoms with van der Waals surface area (Å²) in [6, 6.07) is -0.168. The Balaban J connectivity index is 2.50. The van der Waals surface area contributed by atoms with Crippen LogP contribution in [0.15, 0.2) is 0 Å². The van der Waals surface area contributed by atoms with Crippen LogP contribution >= 0.6 is 0 Å². The molecule has 2 atom stereocenters. The Morgan fingerprint density at radius 2 is 2.00 bits per heavy atom. The molecule has 0 aliphatic carbocycles. The molecule has 1 aliphatic rings. The van der Waals surface area contributed by atoms with E-state index in [-0.39, 0.29) is 30.3 Å². The highest BCUT2D eigenvalue weighted by molar-refractivity contribution is 5.76. The van der Waals surface area contributed by atoms with Crippen LogP contribution in [0.5, 0.6) is 0 Å². The van der Waals surface area contributed by atoms with E-state index in [9.17, 15) is 9.59 Å². The molecule has 0 aromatic rings. The van der Waals surface area contributed by atoms with Crippen molar-refractivity contribution in [1.82, 2.24) is 5.32 Å². The van der Waals surface area contributed by atoms with Crippen LogP contribution in [0.3, 0.4) is 0 Å². The molecule has 0 aromatic heterocycles. The van der Waals surface area contributed by atoms with Gasteiger partial charge in [0.1, 0.15) is 5.60 Å². The lowest BCUT2D eigenvalue weighted by molar-refractivity contribution is -0.156. The van der Waals surface area contributed by atoms with Crippen LogP contribution < -0.4 is 5.32 Å². The first kappa shape index (κ1) is 15.0. The molecule has 18 heavy (non-hydrogen) atoms. The molecule has 0 unspecified atom stereocenters. The van der Waals surface area contributed by atoms with Gasteiger partial charge in [0.25, 0.3) is 0 Å². The van der Waals surface area contributed by atoms with Crippen molar-refractivity contribution in [2.75, 3.05) is 13.2 Å². The van der Waals surface area contributed by atoms with Gasteiger partial charge in [0.15, 0.2) is 0 Å². The van der Waals surface area contributed by atoms with E-state index in [1.165, 1.54) is 0 Å². The second-order valence-corrected chi connectivity index (χ2v) is 5.50. The Hall–Kier alpha value is -1.10. The van der Waals surface area contributed by atoms with Gasteiger partial charge in [-0.3, -0.25) is 9.59 Å². The van der Waals surface area contributed by atoms with Crippen LogP contribution in [0.1, 0.15) is 40.5 Å². The summed E-state index contributed by atoms with van der Waals surface area (Å²) in [5.41, 5.74) is -0.491. The van der Waals surface area contributed by atoms with E-state index in [2.05, 4.69) is 5.32 Å². The highest BCUT2D eigenvalue weighted by atomic mass is 16.6. The molecule has 0 bridgehead atoms. The molecule has 5 heteroatoms. The summed E-state index contributed by atoms with van der Waals surface area (Å²) in [6.07, 6.45) is 0.924. The molecular formula is C13H23NO4. The first-order valence-corrected chi connectivity index (χ1v) is 6.45. The van der Waals surface area contributed by atoms with Crippen LogP contribution in [-0.4, -0.2) is 36.7 Å². The zero-order valence-corrected chi connectivity index (χ0v) is 11.6. The van der Waals surface area contributed by atoms with E-state index in [1.54, 1.807) is 6.92 Å². The normalized spacial score (nSPS) is 23.8. The van der Waals surface area contributed by atoms with Gasteiger partial charge in [-0.1, -0.05) is 0 Å². The average Bonchev–Trinajstić information content (AvgIpc) is 2.62. The van der Waals surface area contributed by atoms with Gasteiger partial charge in [0, 0.05) is 6.04 Å². The third-order valence-corrected chi connectivity index (χ3v) is 2.74. The molecule has 1 aliphatic heterocycles. The van der Waals surface area contributed by atoms with E-state index in [4.69, 9.17) is 9.47 Å². The fourth-order valence-corrected chi connectivity index (χ4v) is 2.08. The quantitative estimate of drug-likeness (QED) is 0.768. The summed E-state index contributed by atoms with van der Waals surface area (Å²) < 4.78 is 10.3. The zero-order chi connectivity index (χ0) is 13.8. The molecule has 1 fully saturated rings. The van der Waals surface area contributed by atoms with Gasteiger partial charge in [0.05, 0.1) is 18.9 Å². The highest BCUT2D eigenvalue weighted by Crippen LogP contribution is 2.21. The highest BCUT2D eigenvalue weighted by Gasteiger charge is 2.36. The van der Waals surface area contributed by atoms with Crippen molar-refractivity contribution in [2.45, 2.75) is 52.2 Å². The smallest absolute Gasteiger partial charge is 0.310 e. The van der Waals surface area contributed by atoms with Crippen molar-refractivity contribution in [3.05, 3.63) is 0 Å². The molecular weight excluding hydrogens is 234 g/mol. The lowest BCUT2D eigenvalue weighted by Gasteiger charge is -2.22. The Morgan fingerprint density at radius 3 is 2.56 bits per heavy atom. The number of hydrogen-bond donors (Lipinski definition) is 1. The monoisotopic (exact) mass is 257 g/mol. The van der Waals surface area contributed by atoms with Crippen LogP contribution in [0.4, 0.5) is 0 Å². The summed E-state index contributed by atoms with van der Waals surface area (Å²) in [7, 11) is 0. The van der Waals surface area contributed by atoms with Crippen molar-refractivity contribution in [3.8, 4) is 0 Å². The first-order chi connectivity index (χ1) is 8.33. The van der Waals surface area contributed by atoms with Crippen molar-refractivity contribution < 1.29 is 19.1 Å². The molecule has 1 saturated heterocycles. The molecule has 1 N–H and O–H groups in total. The maximum atomic E-state index is 11.7. The summed E-state index contributed by atoms with van der Waals surface area (Å²) in [4.78, 5) is 23.4.